The first-order valence-corrected chi connectivity index (χ1v) is 8.35. The molecule has 0 saturated heterocycles. The molecule has 0 aliphatic heterocycles. The van der Waals surface area contributed by atoms with E-state index in [1.807, 2.05) is 6.07 Å². The van der Waals surface area contributed by atoms with Gasteiger partial charge in [-0.2, -0.15) is 0 Å². The maximum atomic E-state index is 12.2. The molecule has 0 aliphatic carbocycles. The maximum absolute atomic E-state index is 12.2. The lowest BCUT2D eigenvalue weighted by molar-refractivity contribution is -0.117. The van der Waals surface area contributed by atoms with Gasteiger partial charge in [0, 0.05) is 25.6 Å². The molecule has 0 radical (unpaired) electrons. The quantitative estimate of drug-likeness (QED) is 0.758. The highest BCUT2D eigenvalue weighted by Crippen LogP contribution is 2.27. The number of esters is 1. The predicted octanol–water partition coefficient (Wildman–Crippen LogP) is 2.86. The number of amides is 2. The zero-order valence-electron chi connectivity index (χ0n) is 15.5. The number of para-hydroxylation sites is 2. The smallest absolute Gasteiger partial charge is 0.337 e. The second-order valence-electron chi connectivity index (χ2n) is 5.71. The number of methoxy groups -OCH3 is 2. The molecule has 2 amide bonds. The van der Waals surface area contributed by atoms with E-state index in [1.54, 1.807) is 42.5 Å². The number of rotatable bonds is 7. The van der Waals surface area contributed by atoms with Gasteiger partial charge in [0.1, 0.15) is 5.75 Å². The van der Waals surface area contributed by atoms with E-state index < -0.39 is 5.97 Å². The molecule has 0 aromatic heterocycles. The van der Waals surface area contributed by atoms with Gasteiger partial charge in [-0.15, -0.1) is 0 Å². The fraction of sp³-hybridized carbons (Fsp3) is 0.250. The Balaban J connectivity index is 2.00. The van der Waals surface area contributed by atoms with Crippen LogP contribution in [0.5, 0.6) is 5.75 Å². The second-order valence-corrected chi connectivity index (χ2v) is 5.71. The van der Waals surface area contributed by atoms with E-state index in [0.29, 0.717) is 22.7 Å². The van der Waals surface area contributed by atoms with Crippen molar-refractivity contribution in [3.05, 3.63) is 54.1 Å². The molecule has 2 rings (SSSR count). The van der Waals surface area contributed by atoms with Gasteiger partial charge in [-0.05, 0) is 36.4 Å². The van der Waals surface area contributed by atoms with Crippen LogP contribution in [0.15, 0.2) is 48.5 Å². The number of carbonyl (C=O) groups excluding carboxylic acids is 3. The third kappa shape index (κ3) is 5.31. The fourth-order valence-electron chi connectivity index (χ4n) is 2.54. The summed E-state index contributed by atoms with van der Waals surface area (Å²) < 4.78 is 9.92. The molecule has 0 fully saturated rings. The minimum absolute atomic E-state index is 0.108. The molecule has 0 saturated carbocycles. The van der Waals surface area contributed by atoms with E-state index in [4.69, 9.17) is 4.74 Å². The third-order valence-corrected chi connectivity index (χ3v) is 3.91. The first-order valence-electron chi connectivity index (χ1n) is 8.35. The Morgan fingerprint density at radius 1 is 1.00 bits per heavy atom. The number of anilines is 2. The Morgan fingerprint density at radius 3 is 2.26 bits per heavy atom. The first kappa shape index (κ1) is 20.0. The van der Waals surface area contributed by atoms with Crippen LogP contribution in [0.25, 0.3) is 0 Å². The van der Waals surface area contributed by atoms with Crippen LogP contribution >= 0.6 is 0 Å². The van der Waals surface area contributed by atoms with Crippen molar-refractivity contribution >= 4 is 29.2 Å². The Bertz CT molecular complexity index is 817. The van der Waals surface area contributed by atoms with Crippen molar-refractivity contribution in [3.8, 4) is 5.75 Å². The molecule has 0 atom stereocenters. The van der Waals surface area contributed by atoms with Gasteiger partial charge in [-0.3, -0.25) is 9.59 Å². The monoisotopic (exact) mass is 370 g/mol. The largest absolute Gasteiger partial charge is 0.495 e. The van der Waals surface area contributed by atoms with Gasteiger partial charge in [0.15, 0.2) is 0 Å². The summed E-state index contributed by atoms with van der Waals surface area (Å²) in [6, 6.07) is 13.5. The standard InChI is InChI=1S/C20H22N2O5/c1-14(23)22(17-6-4-5-7-18(17)26-2)13-12-19(24)21-16-10-8-15(9-11-16)20(25)27-3/h4-11H,12-13H2,1-3H3,(H,21,24). The zero-order valence-corrected chi connectivity index (χ0v) is 15.5. The molecule has 0 unspecified atom stereocenters. The molecule has 2 aromatic carbocycles. The average Bonchev–Trinajstić information content (AvgIpc) is 2.68. The molecule has 7 heteroatoms. The van der Waals surface area contributed by atoms with Crippen LogP contribution < -0.4 is 15.0 Å². The molecular weight excluding hydrogens is 348 g/mol. The molecule has 1 N–H and O–H groups in total. The van der Waals surface area contributed by atoms with Gasteiger partial charge in [-0.1, -0.05) is 12.1 Å². The van der Waals surface area contributed by atoms with Crippen LogP contribution in [0.1, 0.15) is 23.7 Å². The Kier molecular flexibility index (Phi) is 6.93. The van der Waals surface area contributed by atoms with Gasteiger partial charge in [-0.25, -0.2) is 4.79 Å². The van der Waals surface area contributed by atoms with E-state index in [0.717, 1.165) is 0 Å². The van der Waals surface area contributed by atoms with E-state index in [2.05, 4.69) is 10.1 Å². The first-order chi connectivity index (χ1) is 13.0. The minimum atomic E-state index is -0.443. The number of benzene rings is 2. The van der Waals surface area contributed by atoms with E-state index in [9.17, 15) is 14.4 Å². The summed E-state index contributed by atoms with van der Waals surface area (Å²) in [4.78, 5) is 37.2. The number of nitrogens with one attached hydrogen (secondary N) is 1. The number of hydrogen-bond acceptors (Lipinski definition) is 5. The third-order valence-electron chi connectivity index (χ3n) is 3.91. The van der Waals surface area contributed by atoms with Gasteiger partial charge >= 0.3 is 5.97 Å². The normalized spacial score (nSPS) is 10.0. The lowest BCUT2D eigenvalue weighted by Gasteiger charge is -2.23. The summed E-state index contributed by atoms with van der Waals surface area (Å²) in [5, 5.41) is 2.74. The molecule has 2 aromatic rings. The van der Waals surface area contributed by atoms with Crippen LogP contribution in [-0.2, 0) is 14.3 Å². The van der Waals surface area contributed by atoms with Crippen molar-refractivity contribution in [1.82, 2.24) is 0 Å². The molecule has 0 bridgehead atoms. The van der Waals surface area contributed by atoms with Crippen molar-refractivity contribution < 1.29 is 23.9 Å². The SMILES string of the molecule is COC(=O)c1ccc(NC(=O)CCN(C(C)=O)c2ccccc2OC)cc1. The highest BCUT2D eigenvalue weighted by atomic mass is 16.5. The summed E-state index contributed by atoms with van der Waals surface area (Å²) >= 11 is 0. The summed E-state index contributed by atoms with van der Waals surface area (Å²) in [6.45, 7) is 1.65. The maximum Gasteiger partial charge on any atom is 0.337 e. The van der Waals surface area contributed by atoms with Crippen molar-refractivity contribution in [2.45, 2.75) is 13.3 Å². The zero-order chi connectivity index (χ0) is 19.8. The lowest BCUT2D eigenvalue weighted by Crippen LogP contribution is -2.32. The number of carbonyl (C=O) groups is 3. The van der Waals surface area contributed by atoms with Crippen LogP contribution in [0, 0.1) is 0 Å². The van der Waals surface area contributed by atoms with Gasteiger partial charge in [0.05, 0.1) is 25.5 Å². The Labute approximate surface area is 157 Å². The van der Waals surface area contributed by atoms with Gasteiger partial charge < -0.3 is 19.7 Å². The molecule has 0 spiro atoms. The van der Waals surface area contributed by atoms with Gasteiger partial charge in [0.2, 0.25) is 11.8 Å². The average molecular weight is 370 g/mol. The van der Waals surface area contributed by atoms with E-state index in [-0.39, 0.29) is 24.8 Å². The summed E-state index contributed by atoms with van der Waals surface area (Å²) in [5.74, 6) is -0.315. The summed E-state index contributed by atoms with van der Waals surface area (Å²) in [6.07, 6.45) is 0.108. The van der Waals surface area contributed by atoms with Crippen molar-refractivity contribution in [2.24, 2.45) is 0 Å². The molecular formula is C20H22N2O5. The van der Waals surface area contributed by atoms with Gasteiger partial charge in [0.25, 0.3) is 0 Å². The van der Waals surface area contributed by atoms with Crippen molar-refractivity contribution in [2.75, 3.05) is 31.0 Å². The molecule has 0 aliphatic rings. The van der Waals surface area contributed by atoms with Crippen molar-refractivity contribution in [3.63, 3.8) is 0 Å². The summed E-state index contributed by atoms with van der Waals surface area (Å²) in [5.41, 5.74) is 1.57. The Hall–Kier alpha value is -3.35. The van der Waals surface area contributed by atoms with Crippen LogP contribution in [0.3, 0.4) is 0 Å². The molecule has 27 heavy (non-hydrogen) atoms. The highest BCUT2D eigenvalue weighted by Gasteiger charge is 2.17. The van der Waals surface area contributed by atoms with Crippen LogP contribution in [0.4, 0.5) is 11.4 Å². The number of ether oxygens (including phenoxy) is 2. The second kappa shape index (κ2) is 9.38. The van der Waals surface area contributed by atoms with Crippen molar-refractivity contribution in [1.29, 1.82) is 0 Å². The molecule has 142 valence electrons. The minimum Gasteiger partial charge on any atom is -0.495 e. The fourth-order valence-corrected chi connectivity index (χ4v) is 2.54. The van der Waals surface area contributed by atoms with E-state index >= 15 is 0 Å². The molecule has 7 nitrogen and oxygen atoms in total. The number of hydrogen-bond donors (Lipinski definition) is 1. The predicted molar refractivity (Wildman–Crippen MR) is 102 cm³/mol. The lowest BCUT2D eigenvalue weighted by atomic mass is 10.2. The Morgan fingerprint density at radius 2 is 1.67 bits per heavy atom. The highest BCUT2D eigenvalue weighted by molar-refractivity contribution is 5.96. The number of nitrogens with zero attached hydrogens (tertiary/aromatic N) is 1. The van der Waals surface area contributed by atoms with Crippen LogP contribution in [0.2, 0.25) is 0 Å². The summed E-state index contributed by atoms with van der Waals surface area (Å²) in [7, 11) is 2.84. The van der Waals surface area contributed by atoms with E-state index in [1.165, 1.54) is 26.0 Å². The van der Waals surface area contributed by atoms with Crippen LogP contribution in [-0.4, -0.2) is 38.5 Å². The molecule has 0 heterocycles. The topological polar surface area (TPSA) is 84.9 Å².